The Balaban J connectivity index is 2.42. The number of hydrogen-bond acceptors (Lipinski definition) is 4. The lowest BCUT2D eigenvalue weighted by Gasteiger charge is -2.19. The van der Waals surface area contributed by atoms with Crippen molar-refractivity contribution in [1.29, 1.82) is 0 Å². The summed E-state index contributed by atoms with van der Waals surface area (Å²) in [6.07, 6.45) is 1.15. The summed E-state index contributed by atoms with van der Waals surface area (Å²) in [4.78, 5) is 12.7. The molecule has 6 heteroatoms. The molecule has 0 amide bonds. The van der Waals surface area contributed by atoms with E-state index in [1.165, 1.54) is 6.07 Å². The predicted molar refractivity (Wildman–Crippen MR) is 82.2 cm³/mol. The van der Waals surface area contributed by atoms with Crippen molar-refractivity contribution in [1.82, 2.24) is 10.2 Å². The van der Waals surface area contributed by atoms with Crippen LogP contribution in [0, 0.1) is 10.1 Å². The minimum Gasteiger partial charge on any atom is -0.311 e. The largest absolute Gasteiger partial charge is 0.311 e. The molecule has 1 aromatic carbocycles. The van der Waals surface area contributed by atoms with Gasteiger partial charge in [-0.3, -0.25) is 10.1 Å². The van der Waals surface area contributed by atoms with Gasteiger partial charge in [0.2, 0.25) is 0 Å². The number of halogens is 1. The maximum Gasteiger partial charge on any atom is 0.288 e. The molecule has 0 spiro atoms. The zero-order chi connectivity index (χ0) is 15.0. The van der Waals surface area contributed by atoms with Crippen molar-refractivity contribution < 1.29 is 4.92 Å². The van der Waals surface area contributed by atoms with Gasteiger partial charge in [-0.25, -0.2) is 0 Å². The molecule has 1 rings (SSSR count). The van der Waals surface area contributed by atoms with Crippen LogP contribution in [-0.2, 0) is 6.54 Å². The molecule has 0 fully saturated rings. The molecule has 0 unspecified atom stereocenters. The molecule has 0 aromatic heterocycles. The van der Waals surface area contributed by atoms with Gasteiger partial charge in [0.15, 0.2) is 0 Å². The van der Waals surface area contributed by atoms with Gasteiger partial charge in [0, 0.05) is 25.7 Å². The fourth-order valence-electron chi connectivity index (χ4n) is 2.02. The Morgan fingerprint density at radius 2 is 2.10 bits per heavy atom. The number of hydrogen-bond donors (Lipinski definition) is 1. The lowest BCUT2D eigenvalue weighted by molar-refractivity contribution is -0.384. The zero-order valence-corrected chi connectivity index (χ0v) is 12.8. The highest BCUT2D eigenvalue weighted by atomic mass is 35.5. The van der Waals surface area contributed by atoms with Gasteiger partial charge in [-0.2, -0.15) is 0 Å². The van der Waals surface area contributed by atoms with Crippen LogP contribution >= 0.6 is 11.6 Å². The van der Waals surface area contributed by atoms with E-state index >= 15 is 0 Å². The molecule has 20 heavy (non-hydrogen) atoms. The normalized spacial score (nSPS) is 11.0. The van der Waals surface area contributed by atoms with Crippen molar-refractivity contribution in [3.05, 3.63) is 38.9 Å². The number of rotatable bonds is 9. The smallest absolute Gasteiger partial charge is 0.288 e. The van der Waals surface area contributed by atoms with Gasteiger partial charge in [-0.05, 0) is 31.1 Å². The summed E-state index contributed by atoms with van der Waals surface area (Å²) in [5, 5.41) is 14.3. The van der Waals surface area contributed by atoms with Crippen LogP contribution in [0.5, 0.6) is 0 Å². The summed E-state index contributed by atoms with van der Waals surface area (Å²) < 4.78 is 0. The van der Waals surface area contributed by atoms with Crippen LogP contribution in [-0.4, -0.2) is 36.0 Å². The molecule has 1 aromatic rings. The number of nitrogens with one attached hydrogen (secondary N) is 1. The number of likely N-dealkylation sites (N-methyl/N-ethyl adjacent to an activating group) is 1. The zero-order valence-electron chi connectivity index (χ0n) is 12.1. The van der Waals surface area contributed by atoms with Crippen molar-refractivity contribution in [2.75, 3.05) is 26.2 Å². The first-order valence-corrected chi connectivity index (χ1v) is 7.32. The molecular weight excluding hydrogens is 278 g/mol. The Labute approximate surface area is 125 Å². The number of nitro groups is 1. The molecule has 0 radical (unpaired) electrons. The Kier molecular flexibility index (Phi) is 7.51. The average molecular weight is 300 g/mol. The molecule has 5 nitrogen and oxygen atoms in total. The quantitative estimate of drug-likeness (QED) is 0.432. The van der Waals surface area contributed by atoms with Crippen molar-refractivity contribution >= 4 is 17.3 Å². The molecule has 0 atom stereocenters. The van der Waals surface area contributed by atoms with Crippen LogP contribution in [0.4, 0.5) is 5.69 Å². The third-order valence-corrected chi connectivity index (χ3v) is 3.45. The van der Waals surface area contributed by atoms with E-state index in [-0.39, 0.29) is 10.7 Å². The summed E-state index contributed by atoms with van der Waals surface area (Å²) in [7, 11) is 0. The van der Waals surface area contributed by atoms with Crippen LogP contribution in [0.15, 0.2) is 18.2 Å². The van der Waals surface area contributed by atoms with E-state index in [2.05, 4.69) is 24.1 Å². The van der Waals surface area contributed by atoms with Crippen LogP contribution in [0.3, 0.4) is 0 Å². The van der Waals surface area contributed by atoms with Crippen molar-refractivity contribution in [2.24, 2.45) is 0 Å². The third-order valence-electron chi connectivity index (χ3n) is 3.13. The molecule has 0 aliphatic heterocycles. The van der Waals surface area contributed by atoms with Gasteiger partial charge < -0.3 is 10.2 Å². The van der Waals surface area contributed by atoms with E-state index < -0.39 is 4.92 Å². The highest BCUT2D eigenvalue weighted by Gasteiger charge is 2.12. The van der Waals surface area contributed by atoms with E-state index in [0.717, 1.165) is 38.2 Å². The van der Waals surface area contributed by atoms with E-state index in [9.17, 15) is 10.1 Å². The summed E-state index contributed by atoms with van der Waals surface area (Å²) in [6, 6.07) is 4.91. The Bertz CT molecular complexity index is 440. The van der Waals surface area contributed by atoms with Gasteiger partial charge in [0.05, 0.1) is 4.92 Å². The summed E-state index contributed by atoms with van der Waals surface area (Å²) >= 11 is 5.78. The molecule has 0 aliphatic carbocycles. The molecule has 0 saturated heterocycles. The van der Waals surface area contributed by atoms with E-state index in [4.69, 9.17) is 11.6 Å². The lowest BCUT2D eigenvalue weighted by atomic mass is 10.2. The van der Waals surface area contributed by atoms with Crippen LogP contribution in [0.1, 0.15) is 25.8 Å². The predicted octanol–water partition coefficient (Wildman–Crippen LogP) is 3.07. The number of nitrogens with zero attached hydrogens (tertiary/aromatic N) is 2. The first-order valence-electron chi connectivity index (χ1n) is 6.94. The third kappa shape index (κ3) is 5.45. The first-order chi connectivity index (χ1) is 9.58. The van der Waals surface area contributed by atoms with Gasteiger partial charge in [-0.1, -0.05) is 31.5 Å². The van der Waals surface area contributed by atoms with Crippen LogP contribution in [0.25, 0.3) is 0 Å². The Morgan fingerprint density at radius 3 is 2.70 bits per heavy atom. The molecule has 0 aliphatic rings. The average Bonchev–Trinajstić information content (AvgIpc) is 2.43. The van der Waals surface area contributed by atoms with Crippen LogP contribution in [0.2, 0.25) is 5.02 Å². The molecule has 0 bridgehead atoms. The van der Waals surface area contributed by atoms with Gasteiger partial charge in [0.25, 0.3) is 5.69 Å². The molecule has 112 valence electrons. The second-order valence-electron chi connectivity index (χ2n) is 4.65. The minimum atomic E-state index is -0.452. The number of benzene rings is 1. The maximum absolute atomic E-state index is 10.8. The van der Waals surface area contributed by atoms with E-state index in [1.807, 2.05) is 6.07 Å². The summed E-state index contributed by atoms with van der Waals surface area (Å²) in [5.74, 6) is 0. The van der Waals surface area contributed by atoms with Gasteiger partial charge in [-0.15, -0.1) is 0 Å². The molecule has 1 N–H and O–H groups in total. The Morgan fingerprint density at radius 1 is 1.35 bits per heavy atom. The second kappa shape index (κ2) is 8.89. The monoisotopic (exact) mass is 299 g/mol. The van der Waals surface area contributed by atoms with Crippen LogP contribution < -0.4 is 5.32 Å². The van der Waals surface area contributed by atoms with E-state index in [1.54, 1.807) is 6.07 Å². The number of nitro benzene ring substituents is 1. The molecule has 0 saturated carbocycles. The van der Waals surface area contributed by atoms with Gasteiger partial charge >= 0.3 is 0 Å². The molecule has 0 heterocycles. The fraction of sp³-hybridized carbons (Fsp3) is 0.571. The highest BCUT2D eigenvalue weighted by molar-refractivity contribution is 6.32. The summed E-state index contributed by atoms with van der Waals surface area (Å²) in [6.45, 7) is 8.93. The standard InChI is InChI=1S/C14H22ClN3O2/c1-3-8-17(4-2)9-7-16-11-12-5-6-13(15)14(10-12)18(19)20/h5-6,10,16H,3-4,7-9,11H2,1-2H3. The highest BCUT2D eigenvalue weighted by Crippen LogP contribution is 2.24. The minimum absolute atomic E-state index is 0.0351. The first kappa shape index (κ1) is 16.9. The Hall–Kier alpha value is -1.17. The van der Waals surface area contributed by atoms with Gasteiger partial charge in [0.1, 0.15) is 5.02 Å². The topological polar surface area (TPSA) is 58.4 Å². The lowest BCUT2D eigenvalue weighted by Crippen LogP contribution is -2.32. The van der Waals surface area contributed by atoms with Crippen molar-refractivity contribution in [2.45, 2.75) is 26.8 Å². The van der Waals surface area contributed by atoms with Crippen molar-refractivity contribution in [3.8, 4) is 0 Å². The van der Waals surface area contributed by atoms with Crippen molar-refractivity contribution in [3.63, 3.8) is 0 Å². The second-order valence-corrected chi connectivity index (χ2v) is 5.06. The summed E-state index contributed by atoms with van der Waals surface area (Å²) in [5.41, 5.74) is 0.840. The van der Waals surface area contributed by atoms with E-state index in [0.29, 0.717) is 6.54 Å². The fourth-order valence-corrected chi connectivity index (χ4v) is 2.21. The maximum atomic E-state index is 10.8. The SMILES string of the molecule is CCCN(CC)CCNCc1ccc(Cl)c([N+](=O)[O-])c1. The molecular formula is C14H22ClN3O2.